The van der Waals surface area contributed by atoms with Crippen molar-refractivity contribution in [3.8, 4) is 0 Å². The molecule has 1 aromatic carbocycles. The van der Waals surface area contributed by atoms with E-state index in [4.69, 9.17) is 4.11 Å². The average molecular weight is 271 g/mol. The first-order valence-corrected chi connectivity index (χ1v) is 6.67. The molecule has 0 radical (unpaired) electrons. The molecule has 1 aliphatic heterocycles. The van der Waals surface area contributed by atoms with E-state index >= 15 is 0 Å². The van der Waals surface area contributed by atoms with Crippen LogP contribution in [0, 0.1) is 5.92 Å². The van der Waals surface area contributed by atoms with Crippen LogP contribution in [-0.2, 0) is 11.2 Å². The Morgan fingerprint density at radius 3 is 3.25 bits per heavy atom. The minimum atomic E-state index is -2.32. The van der Waals surface area contributed by atoms with Crippen molar-refractivity contribution >= 4 is 22.4 Å². The monoisotopic (exact) mass is 271 g/mol. The maximum Gasteiger partial charge on any atom is 0.311 e. The van der Waals surface area contributed by atoms with Gasteiger partial charge in [0.1, 0.15) is 0 Å². The number of aromatic nitrogens is 1. The van der Waals surface area contributed by atoms with Crippen LogP contribution in [0.25, 0.3) is 16.5 Å². The van der Waals surface area contributed by atoms with Gasteiger partial charge in [0.05, 0.1) is 5.92 Å². The third kappa shape index (κ3) is 1.48. The minimum Gasteiger partial charge on any atom is -0.481 e. The number of benzene rings is 1. The van der Waals surface area contributed by atoms with Crippen molar-refractivity contribution in [3.05, 3.63) is 41.6 Å². The highest BCUT2D eigenvalue weighted by Gasteiger charge is 2.35. The maximum atomic E-state index is 11.5. The molecule has 2 aromatic rings. The number of hydrogen-bond acceptors (Lipinski definition) is 2. The van der Waals surface area contributed by atoms with Crippen molar-refractivity contribution in [2.75, 3.05) is 13.5 Å². The molecule has 2 aliphatic rings. The number of aliphatic carboxylic acids is 1. The van der Waals surface area contributed by atoms with Crippen LogP contribution >= 0.6 is 0 Å². The van der Waals surface area contributed by atoms with E-state index in [-0.39, 0.29) is 12.6 Å². The molecule has 4 rings (SSSR count). The van der Waals surface area contributed by atoms with E-state index in [1.54, 1.807) is 6.08 Å². The standard InChI is InChI=1S/C16H16N2O2/c1-18-8-10(16(19)20)5-12-11-3-2-4-13-15(11)9(7-17-13)6-14(12)18/h2-5,7,10,14,17H,6,8H2,1H3,(H,19,20)/t10-,14+/m0/s1/i1D3. The van der Waals surface area contributed by atoms with E-state index in [9.17, 15) is 9.90 Å². The minimum absolute atomic E-state index is 0.00966. The van der Waals surface area contributed by atoms with E-state index in [0.29, 0.717) is 6.42 Å². The first-order valence-electron chi connectivity index (χ1n) is 8.17. The van der Waals surface area contributed by atoms with Gasteiger partial charge in [-0.25, -0.2) is 0 Å². The smallest absolute Gasteiger partial charge is 0.311 e. The van der Waals surface area contributed by atoms with Gasteiger partial charge < -0.3 is 10.1 Å². The molecule has 4 nitrogen and oxygen atoms in total. The number of carboxylic acid groups (broad SMARTS) is 1. The van der Waals surface area contributed by atoms with Crippen molar-refractivity contribution in [2.24, 2.45) is 5.92 Å². The highest BCUT2D eigenvalue weighted by molar-refractivity contribution is 5.99. The number of likely N-dealkylation sites (N-methyl/N-ethyl adjacent to an activating group) is 1. The highest BCUT2D eigenvalue weighted by atomic mass is 16.4. The summed E-state index contributed by atoms with van der Waals surface area (Å²) in [4.78, 5) is 16.0. The number of fused-ring (bicyclic) bond motifs is 2. The molecule has 20 heavy (non-hydrogen) atoms. The zero-order valence-electron chi connectivity index (χ0n) is 13.8. The Bertz CT molecular complexity index is 837. The van der Waals surface area contributed by atoms with E-state index in [1.165, 1.54) is 4.90 Å². The lowest BCUT2D eigenvalue weighted by Crippen LogP contribution is -2.44. The third-order valence-electron chi connectivity index (χ3n) is 4.34. The van der Waals surface area contributed by atoms with Gasteiger partial charge in [-0.1, -0.05) is 18.2 Å². The van der Waals surface area contributed by atoms with Crippen molar-refractivity contribution in [2.45, 2.75) is 12.5 Å². The summed E-state index contributed by atoms with van der Waals surface area (Å²) < 4.78 is 23.4. The Morgan fingerprint density at radius 1 is 1.55 bits per heavy atom. The lowest BCUT2D eigenvalue weighted by Gasteiger charge is -2.38. The summed E-state index contributed by atoms with van der Waals surface area (Å²) in [5.74, 6) is -1.80. The zero-order chi connectivity index (χ0) is 16.4. The zero-order valence-corrected chi connectivity index (χ0v) is 10.8. The summed E-state index contributed by atoms with van der Waals surface area (Å²) in [5.41, 5.74) is 3.84. The number of aromatic amines is 1. The average Bonchev–Trinajstić information content (AvgIpc) is 2.90. The van der Waals surface area contributed by atoms with Crippen molar-refractivity contribution in [3.63, 3.8) is 0 Å². The predicted molar refractivity (Wildman–Crippen MR) is 77.5 cm³/mol. The Morgan fingerprint density at radius 2 is 2.45 bits per heavy atom. The summed E-state index contributed by atoms with van der Waals surface area (Å²) in [6, 6.07) is 5.51. The van der Waals surface area contributed by atoms with Crippen LogP contribution in [0.5, 0.6) is 0 Å². The Labute approximate surface area is 120 Å². The summed E-state index contributed by atoms with van der Waals surface area (Å²) in [7, 11) is 0. The second kappa shape index (κ2) is 3.96. The van der Waals surface area contributed by atoms with Crippen LogP contribution in [0.3, 0.4) is 0 Å². The molecular weight excluding hydrogens is 252 g/mol. The number of hydrogen-bond donors (Lipinski definition) is 2. The molecule has 102 valence electrons. The van der Waals surface area contributed by atoms with Crippen LogP contribution in [0.2, 0.25) is 0 Å². The van der Waals surface area contributed by atoms with Crippen LogP contribution in [0.15, 0.2) is 30.5 Å². The van der Waals surface area contributed by atoms with E-state index in [1.807, 2.05) is 24.4 Å². The van der Waals surface area contributed by atoms with Gasteiger partial charge in [-0.15, -0.1) is 0 Å². The Balaban J connectivity index is 1.93. The molecule has 0 spiro atoms. The number of nitrogens with zero attached hydrogens (tertiary/aromatic N) is 1. The van der Waals surface area contributed by atoms with Gasteiger partial charge in [0, 0.05) is 33.8 Å². The summed E-state index contributed by atoms with van der Waals surface area (Å²) in [6.07, 6.45) is 4.24. The molecule has 0 unspecified atom stereocenters. The Hall–Kier alpha value is -2.07. The summed E-state index contributed by atoms with van der Waals surface area (Å²) in [6.45, 7) is -2.31. The molecule has 4 heteroatoms. The van der Waals surface area contributed by atoms with Gasteiger partial charge in [0.2, 0.25) is 0 Å². The lowest BCUT2D eigenvalue weighted by atomic mass is 9.80. The summed E-state index contributed by atoms with van der Waals surface area (Å²) >= 11 is 0. The largest absolute Gasteiger partial charge is 0.481 e. The number of carbonyl (C=O) groups is 1. The topological polar surface area (TPSA) is 56.3 Å². The van der Waals surface area contributed by atoms with Gasteiger partial charge in [-0.2, -0.15) is 0 Å². The normalized spacial score (nSPS) is 28.2. The quantitative estimate of drug-likeness (QED) is 0.835. The van der Waals surface area contributed by atoms with Crippen molar-refractivity contribution in [1.82, 2.24) is 9.88 Å². The van der Waals surface area contributed by atoms with Gasteiger partial charge in [-0.3, -0.25) is 9.69 Å². The molecule has 0 bridgehead atoms. The van der Waals surface area contributed by atoms with E-state index < -0.39 is 18.9 Å². The van der Waals surface area contributed by atoms with E-state index in [0.717, 1.165) is 27.6 Å². The predicted octanol–water partition coefficient (Wildman–Crippen LogP) is 2.12. The van der Waals surface area contributed by atoms with Gasteiger partial charge in [-0.05, 0) is 36.2 Å². The molecule has 1 aliphatic carbocycles. The molecule has 1 aromatic heterocycles. The fourth-order valence-corrected chi connectivity index (χ4v) is 3.39. The van der Waals surface area contributed by atoms with Crippen molar-refractivity contribution in [1.29, 1.82) is 0 Å². The van der Waals surface area contributed by atoms with Crippen molar-refractivity contribution < 1.29 is 14.0 Å². The van der Waals surface area contributed by atoms with Gasteiger partial charge in [0.15, 0.2) is 0 Å². The van der Waals surface area contributed by atoms with Crippen LogP contribution < -0.4 is 0 Å². The SMILES string of the molecule is [2H]C([2H])([2H])N1C[C@@H](C(=O)O)C=C2c3cccc4[nH]cc(c34)C[C@H]21. The fraction of sp³-hybridized carbons (Fsp3) is 0.312. The first-order chi connectivity index (χ1) is 10.9. The maximum absolute atomic E-state index is 11.5. The highest BCUT2D eigenvalue weighted by Crippen LogP contribution is 2.40. The number of H-pyrrole nitrogens is 1. The number of carboxylic acids is 1. The number of rotatable bonds is 1. The lowest BCUT2D eigenvalue weighted by molar-refractivity contribution is -0.140. The molecule has 0 amide bonds. The van der Waals surface area contributed by atoms with Gasteiger partial charge in [0.25, 0.3) is 0 Å². The molecule has 2 atom stereocenters. The van der Waals surface area contributed by atoms with Crippen LogP contribution in [0.4, 0.5) is 0 Å². The molecule has 0 fully saturated rings. The second-order valence-corrected chi connectivity index (χ2v) is 5.48. The molecular formula is C16H16N2O2. The van der Waals surface area contributed by atoms with Crippen LogP contribution in [-0.4, -0.2) is 40.5 Å². The summed E-state index contributed by atoms with van der Waals surface area (Å²) in [5, 5.41) is 10.5. The molecule has 2 N–H and O–H groups in total. The number of nitrogens with one attached hydrogen (secondary N) is 1. The first kappa shape index (κ1) is 8.97. The van der Waals surface area contributed by atoms with Gasteiger partial charge >= 0.3 is 5.97 Å². The van der Waals surface area contributed by atoms with Crippen LogP contribution in [0.1, 0.15) is 15.2 Å². The fourth-order valence-electron chi connectivity index (χ4n) is 3.39. The second-order valence-electron chi connectivity index (χ2n) is 5.48. The molecule has 2 heterocycles. The molecule has 0 saturated carbocycles. The van der Waals surface area contributed by atoms with E-state index in [2.05, 4.69) is 4.98 Å². The molecule has 0 saturated heterocycles. The third-order valence-corrected chi connectivity index (χ3v) is 4.34. The Kier molecular flexibility index (Phi) is 1.78.